The van der Waals surface area contributed by atoms with Crippen LogP contribution in [0.2, 0.25) is 0 Å². The third-order valence-electron chi connectivity index (χ3n) is 6.95. The first-order valence-corrected chi connectivity index (χ1v) is 10.7. The fraction of sp³-hybridized carbons (Fsp3) is 0.818. The lowest BCUT2D eigenvalue weighted by Crippen LogP contribution is -2.46. The summed E-state index contributed by atoms with van der Waals surface area (Å²) in [7, 11) is 0. The maximum absolute atomic E-state index is 13.7. The van der Waals surface area contributed by atoms with Crippen molar-refractivity contribution in [1.82, 2.24) is 0 Å². The van der Waals surface area contributed by atoms with E-state index in [1.165, 1.54) is 0 Å². The van der Waals surface area contributed by atoms with Gasteiger partial charge in [-0.1, -0.05) is 39.5 Å². The first-order valence-electron chi connectivity index (χ1n) is 10.7. The molecule has 0 aromatic carbocycles. The van der Waals surface area contributed by atoms with Gasteiger partial charge in [-0.15, -0.1) is 0 Å². The van der Waals surface area contributed by atoms with Crippen molar-refractivity contribution in [3.63, 3.8) is 0 Å². The second kappa shape index (κ2) is 9.52. The molecule has 1 N–H and O–H groups in total. The van der Waals surface area contributed by atoms with E-state index in [1.54, 1.807) is 0 Å². The van der Waals surface area contributed by atoms with Gasteiger partial charge < -0.3 is 9.84 Å². The number of halogens is 3. The molecule has 0 radical (unpaired) electrons. The third kappa shape index (κ3) is 5.15. The molecule has 0 saturated heterocycles. The highest BCUT2D eigenvalue weighted by molar-refractivity contribution is 6.03. The fourth-order valence-corrected chi connectivity index (χ4v) is 4.67. The summed E-state index contributed by atoms with van der Waals surface area (Å²) in [6.45, 7) is 3.46. The van der Waals surface area contributed by atoms with Crippen LogP contribution in [0, 0.1) is 16.7 Å². The lowest BCUT2D eigenvalue weighted by Gasteiger charge is -2.37. The average molecular weight is 418 g/mol. The van der Waals surface area contributed by atoms with E-state index in [0.717, 1.165) is 19.8 Å². The molecule has 4 nitrogen and oxygen atoms in total. The number of ketones is 1. The Hall–Kier alpha value is -1.53. The molecular weight excluding hydrogens is 385 g/mol. The second-order valence-electron chi connectivity index (χ2n) is 8.82. The Labute approximate surface area is 170 Å². The minimum absolute atomic E-state index is 0.0511. The zero-order valence-electron chi connectivity index (χ0n) is 17.4. The summed E-state index contributed by atoms with van der Waals surface area (Å²) in [4.78, 5) is 25.6. The average Bonchev–Trinajstić information content (AvgIpc) is 3.13. The highest BCUT2D eigenvalue weighted by Crippen LogP contribution is 2.49. The molecule has 1 aliphatic heterocycles. The second-order valence-corrected chi connectivity index (χ2v) is 8.82. The van der Waals surface area contributed by atoms with Gasteiger partial charge >= 0.3 is 12.1 Å². The molecule has 1 aliphatic carbocycles. The molecule has 1 saturated carbocycles. The van der Waals surface area contributed by atoms with Gasteiger partial charge in [-0.25, -0.2) is 0 Å². The van der Waals surface area contributed by atoms with Crippen LogP contribution >= 0.6 is 0 Å². The molecule has 0 spiro atoms. The topological polar surface area (TPSA) is 63.6 Å². The number of carboxylic acid groups (broad SMARTS) is 1. The van der Waals surface area contributed by atoms with Gasteiger partial charge in [0.25, 0.3) is 0 Å². The molecule has 2 aliphatic rings. The molecule has 0 bridgehead atoms. The molecule has 166 valence electrons. The molecule has 1 unspecified atom stereocenters. The van der Waals surface area contributed by atoms with Gasteiger partial charge in [-0.2, -0.15) is 13.2 Å². The largest absolute Gasteiger partial charge is 0.494 e. The Bertz CT molecular complexity index is 622. The summed E-state index contributed by atoms with van der Waals surface area (Å²) in [6.07, 6.45) is 1.09. The molecule has 29 heavy (non-hydrogen) atoms. The fourth-order valence-electron chi connectivity index (χ4n) is 4.67. The van der Waals surface area contributed by atoms with Gasteiger partial charge in [-0.3, -0.25) is 9.59 Å². The number of carboxylic acids is 1. The highest BCUT2D eigenvalue weighted by atomic mass is 19.4. The van der Waals surface area contributed by atoms with Crippen molar-refractivity contribution in [1.29, 1.82) is 0 Å². The number of ether oxygens (including phenoxy) is 1. The quantitative estimate of drug-likeness (QED) is 0.392. The highest BCUT2D eigenvalue weighted by Gasteiger charge is 2.54. The lowest BCUT2D eigenvalue weighted by molar-refractivity contribution is -0.223. The summed E-state index contributed by atoms with van der Waals surface area (Å²) in [5.41, 5.74) is -3.59. The van der Waals surface area contributed by atoms with Gasteiger partial charge in [0.2, 0.25) is 0 Å². The Morgan fingerprint density at radius 2 is 1.79 bits per heavy atom. The van der Waals surface area contributed by atoms with Crippen molar-refractivity contribution in [3.05, 3.63) is 11.8 Å². The van der Waals surface area contributed by atoms with Crippen LogP contribution in [0.3, 0.4) is 0 Å². The number of Topliss-reactive ketones (excluding diaryl/α,β-unsaturated/α-hetero) is 1. The summed E-state index contributed by atoms with van der Waals surface area (Å²) in [5, 5.41) is 10.1. The summed E-state index contributed by atoms with van der Waals surface area (Å²) in [6, 6.07) is 0. The first-order chi connectivity index (χ1) is 13.6. The number of alkyl halides is 3. The Morgan fingerprint density at radius 3 is 2.24 bits per heavy atom. The van der Waals surface area contributed by atoms with Crippen molar-refractivity contribution in [2.45, 2.75) is 90.7 Å². The summed E-state index contributed by atoms with van der Waals surface area (Å²) >= 11 is 0. The standard InChI is InChI=1S/C22H33F3O4/c1-3-4-12-20(2,22(23,24)25)13-10-18(26)21(19(27)28,16-7-5-6-8-16)14-9-17-11-15-29-17/h11,16H,3-10,12-15H2,1-2H3,(H,27,28)/t20?,21-/m0/s1. The minimum Gasteiger partial charge on any atom is -0.494 e. The van der Waals surface area contributed by atoms with E-state index in [2.05, 4.69) is 0 Å². The molecular formula is C22H33F3O4. The zero-order chi connectivity index (χ0) is 21.7. The van der Waals surface area contributed by atoms with E-state index in [-0.39, 0.29) is 31.6 Å². The van der Waals surface area contributed by atoms with Crippen LogP contribution in [0.15, 0.2) is 11.8 Å². The first kappa shape index (κ1) is 23.7. The number of aliphatic carboxylic acids is 1. The maximum Gasteiger partial charge on any atom is 0.394 e. The Kier molecular flexibility index (Phi) is 7.80. The van der Waals surface area contributed by atoms with Gasteiger partial charge in [0.15, 0.2) is 5.78 Å². The van der Waals surface area contributed by atoms with E-state index in [4.69, 9.17) is 4.74 Å². The molecule has 0 aromatic rings. The summed E-state index contributed by atoms with van der Waals surface area (Å²) in [5.74, 6) is -1.40. The normalized spacial score (nSPS) is 21.5. The molecule has 7 heteroatoms. The Morgan fingerprint density at radius 1 is 1.17 bits per heavy atom. The lowest BCUT2D eigenvalue weighted by atomic mass is 9.65. The summed E-state index contributed by atoms with van der Waals surface area (Å²) < 4.78 is 46.3. The predicted octanol–water partition coefficient (Wildman–Crippen LogP) is 6.05. The number of hydrogen-bond acceptors (Lipinski definition) is 3. The van der Waals surface area contributed by atoms with Crippen LogP contribution in [-0.2, 0) is 14.3 Å². The van der Waals surface area contributed by atoms with E-state index in [0.29, 0.717) is 44.5 Å². The predicted molar refractivity (Wildman–Crippen MR) is 103 cm³/mol. The van der Waals surface area contributed by atoms with Crippen LogP contribution in [0.1, 0.15) is 84.5 Å². The number of hydrogen-bond donors (Lipinski definition) is 1. The Balaban J connectivity index is 2.21. The number of rotatable bonds is 12. The SMILES string of the molecule is CCCCC(C)(CCC(=O)[C@@](CCC1=CCO1)(C(=O)O)C1CCCC1)C(F)(F)F. The van der Waals surface area contributed by atoms with E-state index < -0.39 is 28.8 Å². The van der Waals surface area contributed by atoms with E-state index >= 15 is 0 Å². The van der Waals surface area contributed by atoms with Crippen molar-refractivity contribution >= 4 is 11.8 Å². The van der Waals surface area contributed by atoms with Crippen molar-refractivity contribution in [3.8, 4) is 0 Å². The molecule has 1 fully saturated rings. The van der Waals surface area contributed by atoms with E-state index in [9.17, 15) is 27.9 Å². The van der Waals surface area contributed by atoms with E-state index in [1.807, 2.05) is 13.0 Å². The maximum atomic E-state index is 13.7. The number of unbranched alkanes of at least 4 members (excludes halogenated alkanes) is 1. The number of allylic oxidation sites excluding steroid dienone is 1. The van der Waals surface area contributed by atoms with Gasteiger partial charge in [0, 0.05) is 12.8 Å². The smallest absolute Gasteiger partial charge is 0.394 e. The van der Waals surface area contributed by atoms with Gasteiger partial charge in [0.05, 0.1) is 11.2 Å². The van der Waals surface area contributed by atoms with Crippen molar-refractivity contribution in [2.24, 2.45) is 16.7 Å². The monoisotopic (exact) mass is 418 g/mol. The number of carbonyl (C=O) groups excluding carboxylic acids is 1. The van der Waals surface area contributed by atoms with Crippen LogP contribution < -0.4 is 0 Å². The third-order valence-corrected chi connectivity index (χ3v) is 6.95. The zero-order valence-corrected chi connectivity index (χ0v) is 17.4. The van der Waals surface area contributed by atoms with Crippen molar-refractivity contribution in [2.75, 3.05) is 6.61 Å². The molecule has 1 heterocycles. The van der Waals surface area contributed by atoms with Crippen LogP contribution in [-0.4, -0.2) is 29.6 Å². The molecule has 0 aromatic heterocycles. The molecule has 0 amide bonds. The molecule has 2 rings (SSSR count). The van der Waals surface area contributed by atoms with Gasteiger partial charge in [0.1, 0.15) is 12.0 Å². The van der Waals surface area contributed by atoms with Gasteiger partial charge in [-0.05, 0) is 44.1 Å². The number of carbonyl (C=O) groups is 2. The van der Waals surface area contributed by atoms with Crippen molar-refractivity contribution < 1.29 is 32.6 Å². The van der Waals surface area contributed by atoms with Crippen LogP contribution in [0.4, 0.5) is 13.2 Å². The van der Waals surface area contributed by atoms with Crippen LogP contribution in [0.5, 0.6) is 0 Å². The van der Waals surface area contributed by atoms with Crippen LogP contribution in [0.25, 0.3) is 0 Å². The molecule has 2 atom stereocenters. The minimum atomic E-state index is -4.42.